The Morgan fingerprint density at radius 2 is 2.07 bits per heavy atom. The van der Waals surface area contributed by atoms with Gasteiger partial charge in [0.2, 0.25) is 5.91 Å². The van der Waals surface area contributed by atoms with Gasteiger partial charge in [0.1, 0.15) is 0 Å². The fourth-order valence-electron chi connectivity index (χ4n) is 2.67. The molecule has 2 unspecified atom stereocenters. The highest BCUT2D eigenvalue weighted by atomic mass is 16.2. The summed E-state index contributed by atoms with van der Waals surface area (Å²) >= 11 is 0. The van der Waals surface area contributed by atoms with E-state index in [4.69, 9.17) is 0 Å². The summed E-state index contributed by atoms with van der Waals surface area (Å²) < 4.78 is 0. The first kappa shape index (κ1) is 8.92. The monoisotopic (exact) mass is 202 g/mol. The maximum absolute atomic E-state index is 11.8. The molecular formula is C12H14N2O. The van der Waals surface area contributed by atoms with Gasteiger partial charge in [-0.15, -0.1) is 0 Å². The van der Waals surface area contributed by atoms with Gasteiger partial charge in [0.15, 0.2) is 0 Å². The smallest absolute Gasteiger partial charge is 0.229 e. The highest BCUT2D eigenvalue weighted by Crippen LogP contribution is 2.38. The van der Waals surface area contributed by atoms with Gasteiger partial charge >= 0.3 is 0 Å². The highest BCUT2D eigenvalue weighted by molar-refractivity contribution is 5.96. The van der Waals surface area contributed by atoms with Crippen LogP contribution in [0.1, 0.15) is 17.9 Å². The molecule has 0 radical (unpaired) electrons. The Kier molecular flexibility index (Phi) is 1.99. The van der Waals surface area contributed by atoms with Crippen molar-refractivity contribution in [2.75, 3.05) is 18.4 Å². The Bertz CT molecular complexity index is 402. The lowest BCUT2D eigenvalue weighted by molar-refractivity contribution is -0.121. The molecule has 0 spiro atoms. The first-order valence-corrected chi connectivity index (χ1v) is 5.47. The summed E-state index contributed by atoms with van der Waals surface area (Å²) in [6.07, 6.45) is 1.06. The van der Waals surface area contributed by atoms with Crippen LogP contribution in [0.2, 0.25) is 0 Å². The standard InChI is InChI=1S/C12H14N2O/c15-12-10-7-13-6-5-8(10)9-3-1-2-4-11(9)14-12/h1-4,8,10,13H,5-7H2,(H,14,15). The Labute approximate surface area is 88.9 Å². The molecule has 1 saturated heterocycles. The Balaban J connectivity index is 2.06. The van der Waals surface area contributed by atoms with E-state index >= 15 is 0 Å². The van der Waals surface area contributed by atoms with Crippen LogP contribution in [0.4, 0.5) is 5.69 Å². The summed E-state index contributed by atoms with van der Waals surface area (Å²) in [6.45, 7) is 1.83. The van der Waals surface area contributed by atoms with Crippen molar-refractivity contribution in [2.24, 2.45) is 5.92 Å². The number of carbonyl (C=O) groups excluding carboxylic acids is 1. The SMILES string of the molecule is O=C1Nc2ccccc2C2CCNCC12. The van der Waals surface area contributed by atoms with Gasteiger partial charge in [-0.3, -0.25) is 4.79 Å². The average molecular weight is 202 g/mol. The zero-order valence-corrected chi connectivity index (χ0v) is 8.49. The van der Waals surface area contributed by atoms with E-state index in [0.29, 0.717) is 5.92 Å². The molecule has 1 aromatic rings. The van der Waals surface area contributed by atoms with E-state index < -0.39 is 0 Å². The van der Waals surface area contributed by atoms with Crippen LogP contribution in [0.3, 0.4) is 0 Å². The van der Waals surface area contributed by atoms with Crippen molar-refractivity contribution in [1.82, 2.24) is 5.32 Å². The number of benzene rings is 1. The zero-order chi connectivity index (χ0) is 10.3. The summed E-state index contributed by atoms with van der Waals surface area (Å²) in [6, 6.07) is 8.15. The van der Waals surface area contributed by atoms with Gasteiger partial charge in [-0.2, -0.15) is 0 Å². The molecule has 15 heavy (non-hydrogen) atoms. The quantitative estimate of drug-likeness (QED) is 0.666. The molecule has 3 nitrogen and oxygen atoms in total. The maximum atomic E-state index is 11.8. The molecule has 0 saturated carbocycles. The van der Waals surface area contributed by atoms with Gasteiger partial charge in [0.25, 0.3) is 0 Å². The predicted molar refractivity (Wildman–Crippen MR) is 58.8 cm³/mol. The number of amides is 1. The van der Waals surface area contributed by atoms with E-state index in [0.717, 1.165) is 25.2 Å². The number of anilines is 1. The van der Waals surface area contributed by atoms with Crippen molar-refractivity contribution in [2.45, 2.75) is 12.3 Å². The van der Waals surface area contributed by atoms with Crippen molar-refractivity contribution >= 4 is 11.6 Å². The van der Waals surface area contributed by atoms with Crippen LogP contribution < -0.4 is 10.6 Å². The second kappa shape index (κ2) is 3.35. The van der Waals surface area contributed by atoms with Crippen LogP contribution in [-0.4, -0.2) is 19.0 Å². The highest BCUT2D eigenvalue weighted by Gasteiger charge is 2.36. The Hall–Kier alpha value is -1.35. The predicted octanol–water partition coefficient (Wildman–Crippen LogP) is 1.33. The third-order valence-electron chi connectivity index (χ3n) is 3.44. The fourth-order valence-corrected chi connectivity index (χ4v) is 2.67. The van der Waals surface area contributed by atoms with E-state index in [2.05, 4.69) is 22.8 Å². The number of nitrogens with one attached hydrogen (secondary N) is 2. The molecule has 2 N–H and O–H groups in total. The van der Waals surface area contributed by atoms with Gasteiger partial charge in [0.05, 0.1) is 5.92 Å². The minimum atomic E-state index is 0.119. The summed E-state index contributed by atoms with van der Waals surface area (Å²) in [5.74, 6) is 0.704. The Morgan fingerprint density at radius 1 is 1.20 bits per heavy atom. The summed E-state index contributed by atoms with van der Waals surface area (Å²) in [7, 11) is 0. The minimum absolute atomic E-state index is 0.119. The van der Waals surface area contributed by atoms with Gasteiger partial charge in [-0.1, -0.05) is 18.2 Å². The van der Waals surface area contributed by atoms with Gasteiger partial charge < -0.3 is 10.6 Å². The van der Waals surface area contributed by atoms with Crippen molar-refractivity contribution in [3.63, 3.8) is 0 Å². The third kappa shape index (κ3) is 1.35. The van der Waals surface area contributed by atoms with Crippen LogP contribution in [-0.2, 0) is 4.79 Å². The second-order valence-electron chi connectivity index (χ2n) is 4.28. The van der Waals surface area contributed by atoms with E-state index in [9.17, 15) is 4.79 Å². The molecule has 2 atom stereocenters. The fraction of sp³-hybridized carbons (Fsp3) is 0.417. The molecule has 2 aliphatic heterocycles. The van der Waals surface area contributed by atoms with Gasteiger partial charge in [0, 0.05) is 12.2 Å². The molecule has 2 aliphatic rings. The maximum Gasteiger partial charge on any atom is 0.229 e. The van der Waals surface area contributed by atoms with Gasteiger partial charge in [-0.05, 0) is 30.5 Å². The third-order valence-corrected chi connectivity index (χ3v) is 3.44. The number of hydrogen-bond acceptors (Lipinski definition) is 2. The van der Waals surface area contributed by atoms with E-state index in [1.54, 1.807) is 0 Å². The van der Waals surface area contributed by atoms with Crippen molar-refractivity contribution in [3.05, 3.63) is 29.8 Å². The molecule has 1 aromatic carbocycles. The molecule has 0 aromatic heterocycles. The number of fused-ring (bicyclic) bond motifs is 3. The lowest BCUT2D eigenvalue weighted by Crippen LogP contribution is -2.44. The summed E-state index contributed by atoms with van der Waals surface area (Å²) in [5.41, 5.74) is 2.31. The van der Waals surface area contributed by atoms with Crippen LogP contribution in [0.25, 0.3) is 0 Å². The molecule has 3 rings (SSSR count). The average Bonchev–Trinajstić information content (AvgIpc) is 2.30. The molecule has 3 heteroatoms. The molecular weight excluding hydrogens is 188 g/mol. The van der Waals surface area contributed by atoms with Crippen molar-refractivity contribution < 1.29 is 4.79 Å². The van der Waals surface area contributed by atoms with Crippen molar-refractivity contribution in [1.29, 1.82) is 0 Å². The van der Waals surface area contributed by atoms with Gasteiger partial charge in [-0.25, -0.2) is 0 Å². The lowest BCUT2D eigenvalue weighted by Gasteiger charge is -2.36. The van der Waals surface area contributed by atoms with Crippen LogP contribution in [0.5, 0.6) is 0 Å². The first-order chi connectivity index (χ1) is 7.36. The molecule has 2 heterocycles. The summed E-state index contributed by atoms with van der Waals surface area (Å²) in [5, 5.41) is 6.26. The topological polar surface area (TPSA) is 41.1 Å². The number of carbonyl (C=O) groups is 1. The molecule has 0 bridgehead atoms. The number of rotatable bonds is 0. The largest absolute Gasteiger partial charge is 0.326 e. The normalized spacial score (nSPS) is 28.9. The van der Waals surface area contributed by atoms with E-state index in [1.165, 1.54) is 5.56 Å². The van der Waals surface area contributed by atoms with E-state index in [-0.39, 0.29) is 11.8 Å². The number of hydrogen-bond donors (Lipinski definition) is 2. The molecule has 1 fully saturated rings. The Morgan fingerprint density at radius 3 is 3.00 bits per heavy atom. The number of para-hydroxylation sites is 1. The van der Waals surface area contributed by atoms with Crippen LogP contribution in [0.15, 0.2) is 24.3 Å². The van der Waals surface area contributed by atoms with Crippen LogP contribution >= 0.6 is 0 Å². The molecule has 1 amide bonds. The molecule has 0 aliphatic carbocycles. The minimum Gasteiger partial charge on any atom is -0.326 e. The van der Waals surface area contributed by atoms with Crippen LogP contribution in [0, 0.1) is 5.92 Å². The summed E-state index contributed by atoms with van der Waals surface area (Å²) in [4.78, 5) is 11.8. The first-order valence-electron chi connectivity index (χ1n) is 5.47. The molecule has 78 valence electrons. The van der Waals surface area contributed by atoms with E-state index in [1.807, 2.05) is 12.1 Å². The lowest BCUT2D eigenvalue weighted by atomic mass is 9.77. The number of piperidine rings is 1. The second-order valence-corrected chi connectivity index (χ2v) is 4.28. The zero-order valence-electron chi connectivity index (χ0n) is 8.49. The van der Waals surface area contributed by atoms with Crippen molar-refractivity contribution in [3.8, 4) is 0 Å².